The molecule has 32 heavy (non-hydrogen) atoms. The molecule has 3 rings (SSSR count). The van der Waals surface area contributed by atoms with Gasteiger partial charge in [0.25, 0.3) is 0 Å². The Morgan fingerprint density at radius 3 is 2.22 bits per heavy atom. The third-order valence-electron chi connectivity index (χ3n) is 4.67. The summed E-state index contributed by atoms with van der Waals surface area (Å²) in [5, 5.41) is 16.7. The van der Waals surface area contributed by atoms with Crippen molar-refractivity contribution in [2.45, 2.75) is 12.5 Å². The number of nitrogens with zero attached hydrogens (tertiary/aromatic N) is 2. The number of amidine groups is 1. The summed E-state index contributed by atoms with van der Waals surface area (Å²) in [5.41, 5.74) is 9.30. The molecule has 1 atom stereocenters. The Morgan fingerprint density at radius 2 is 1.72 bits per heavy atom. The fraction of sp³-hybridized carbons (Fsp3) is 0.190. The maximum Gasteiger partial charge on any atom is 0.322 e. The molecule has 1 heterocycles. The molecule has 0 amide bonds. The number of aromatic nitrogens is 2. The summed E-state index contributed by atoms with van der Waals surface area (Å²) in [6.07, 6.45) is 2.85. The molecule has 2 aromatic carbocycles. The van der Waals surface area contributed by atoms with Crippen LogP contribution in [0.1, 0.15) is 11.1 Å². The van der Waals surface area contributed by atoms with E-state index in [0.29, 0.717) is 11.1 Å². The van der Waals surface area contributed by atoms with Crippen LogP contribution in [0.15, 0.2) is 54.7 Å². The first kappa shape index (κ1) is 25.1. The van der Waals surface area contributed by atoms with E-state index in [4.69, 9.17) is 11.1 Å². The van der Waals surface area contributed by atoms with Gasteiger partial charge in [0.1, 0.15) is 17.7 Å². The average Bonchev–Trinajstić information content (AvgIpc) is 3.08. The van der Waals surface area contributed by atoms with Crippen molar-refractivity contribution in [3.63, 3.8) is 0 Å². The minimum Gasteiger partial charge on any atom is -0.480 e. The predicted octanol–water partition coefficient (Wildman–Crippen LogP) is 2.00. The number of aliphatic carboxylic acids is 1. The number of hydrogen-bond donors (Lipinski definition) is 4. The summed E-state index contributed by atoms with van der Waals surface area (Å²) < 4.78 is 26.8. The van der Waals surface area contributed by atoms with Crippen molar-refractivity contribution >= 4 is 34.2 Å². The van der Waals surface area contributed by atoms with Gasteiger partial charge in [0.05, 0.1) is 11.9 Å². The minimum atomic E-state index is -3.64. The van der Waals surface area contributed by atoms with E-state index in [1.807, 2.05) is 42.1 Å². The third-order valence-corrected chi connectivity index (χ3v) is 5.39. The van der Waals surface area contributed by atoms with Crippen molar-refractivity contribution in [3.8, 4) is 22.6 Å². The molecule has 0 fully saturated rings. The van der Waals surface area contributed by atoms with Crippen LogP contribution >= 0.6 is 12.4 Å². The van der Waals surface area contributed by atoms with Gasteiger partial charge in [0.15, 0.2) is 0 Å². The van der Waals surface area contributed by atoms with Crippen molar-refractivity contribution in [2.75, 3.05) is 6.26 Å². The van der Waals surface area contributed by atoms with Gasteiger partial charge in [-0.3, -0.25) is 10.2 Å². The molecule has 0 aliphatic heterocycles. The normalized spacial score (nSPS) is 12.1. The van der Waals surface area contributed by atoms with Crippen molar-refractivity contribution in [1.82, 2.24) is 14.3 Å². The number of nitrogen functional groups attached to an aromatic ring is 1. The molecule has 3 aromatic rings. The van der Waals surface area contributed by atoms with Crippen LogP contribution in [-0.4, -0.2) is 47.2 Å². The van der Waals surface area contributed by atoms with Crippen LogP contribution in [0.4, 0.5) is 0 Å². The molecule has 170 valence electrons. The molecule has 1 unspecified atom stereocenters. The molecule has 0 saturated carbocycles. The number of carboxylic acids is 1. The van der Waals surface area contributed by atoms with Gasteiger partial charge in [-0.25, -0.2) is 18.1 Å². The highest BCUT2D eigenvalue weighted by molar-refractivity contribution is 7.88. The number of rotatable bonds is 8. The monoisotopic (exact) mass is 477 g/mol. The van der Waals surface area contributed by atoms with Crippen LogP contribution in [0, 0.1) is 5.41 Å². The quantitative estimate of drug-likeness (QED) is 0.287. The van der Waals surface area contributed by atoms with Crippen LogP contribution in [0.5, 0.6) is 0 Å². The van der Waals surface area contributed by atoms with Crippen LogP contribution in [0.3, 0.4) is 0 Å². The summed E-state index contributed by atoms with van der Waals surface area (Å²) in [7, 11) is -1.76. The van der Waals surface area contributed by atoms with Gasteiger partial charge in [-0.15, -0.1) is 12.4 Å². The minimum absolute atomic E-state index is 0. The Balaban J connectivity index is 0.00000363. The zero-order chi connectivity index (χ0) is 22.8. The molecule has 11 heteroatoms. The molecule has 5 N–H and O–H groups in total. The Labute approximate surface area is 192 Å². The fourth-order valence-electron chi connectivity index (χ4n) is 3.16. The van der Waals surface area contributed by atoms with Crippen molar-refractivity contribution in [2.24, 2.45) is 12.8 Å². The molecule has 0 saturated heterocycles. The number of carboxylic acid groups (broad SMARTS) is 1. The molecular formula is C21H24ClN5O4S. The Kier molecular flexibility index (Phi) is 7.78. The first-order chi connectivity index (χ1) is 14.5. The van der Waals surface area contributed by atoms with Crippen LogP contribution in [0.25, 0.3) is 22.6 Å². The molecule has 9 nitrogen and oxygen atoms in total. The van der Waals surface area contributed by atoms with Crippen molar-refractivity contribution < 1.29 is 18.3 Å². The zero-order valence-electron chi connectivity index (χ0n) is 17.4. The van der Waals surface area contributed by atoms with Crippen molar-refractivity contribution in [1.29, 1.82) is 5.41 Å². The van der Waals surface area contributed by atoms with Crippen LogP contribution in [0.2, 0.25) is 0 Å². The highest BCUT2D eigenvalue weighted by Crippen LogP contribution is 2.25. The van der Waals surface area contributed by atoms with E-state index in [-0.39, 0.29) is 24.7 Å². The smallest absolute Gasteiger partial charge is 0.322 e. The second kappa shape index (κ2) is 9.94. The summed E-state index contributed by atoms with van der Waals surface area (Å²) in [4.78, 5) is 16.0. The lowest BCUT2D eigenvalue weighted by Gasteiger charge is -2.13. The van der Waals surface area contributed by atoms with Gasteiger partial charge in [0, 0.05) is 29.9 Å². The topological polar surface area (TPSA) is 151 Å². The standard InChI is InChI=1S/C21H23N5O4S.ClH/c1-26-12-18(14-7-9-15(10-8-14)19(22)23)24-20(26)16-5-3-13(4-6-16)11-17(21(27)28)25-31(2,29)30;/h3-10,12,17,25H,11H2,1-2H3,(H3,22,23)(H,27,28);1H. The average molecular weight is 478 g/mol. The number of sulfonamides is 1. The lowest BCUT2D eigenvalue weighted by Crippen LogP contribution is -2.41. The van der Waals surface area contributed by atoms with E-state index in [2.05, 4.69) is 9.71 Å². The maximum atomic E-state index is 11.4. The van der Waals surface area contributed by atoms with E-state index in [0.717, 1.165) is 28.9 Å². The fourth-order valence-corrected chi connectivity index (χ4v) is 3.86. The number of aryl methyl sites for hydroxylation is 1. The number of hydrogen-bond acceptors (Lipinski definition) is 5. The number of halogens is 1. The first-order valence-electron chi connectivity index (χ1n) is 9.31. The Bertz CT molecular complexity index is 1220. The molecule has 1 aromatic heterocycles. The molecule has 0 spiro atoms. The van der Waals surface area contributed by atoms with Gasteiger partial charge in [-0.1, -0.05) is 48.5 Å². The highest BCUT2D eigenvalue weighted by Gasteiger charge is 2.22. The highest BCUT2D eigenvalue weighted by atomic mass is 35.5. The van der Waals surface area contributed by atoms with E-state index in [1.165, 1.54) is 0 Å². The lowest BCUT2D eigenvalue weighted by molar-refractivity contribution is -0.138. The van der Waals surface area contributed by atoms with Gasteiger partial charge in [0.2, 0.25) is 10.0 Å². The Hall–Kier alpha value is -3.21. The second-order valence-corrected chi connectivity index (χ2v) is 9.01. The van der Waals surface area contributed by atoms with Gasteiger partial charge >= 0.3 is 5.97 Å². The summed E-state index contributed by atoms with van der Waals surface area (Å²) in [6, 6.07) is 13.2. The maximum absolute atomic E-state index is 11.4. The SMILES string of the molecule is Cl.Cn1cc(-c2ccc(C(=N)N)cc2)nc1-c1ccc(CC(NS(C)(=O)=O)C(=O)O)cc1. The van der Waals surface area contributed by atoms with Gasteiger partial charge in [-0.2, -0.15) is 0 Å². The van der Waals surface area contributed by atoms with Crippen molar-refractivity contribution in [3.05, 3.63) is 65.9 Å². The zero-order valence-corrected chi connectivity index (χ0v) is 19.1. The first-order valence-corrected chi connectivity index (χ1v) is 11.2. The number of imidazole rings is 1. The molecule has 0 aliphatic rings. The van der Waals surface area contributed by atoms with Crippen LogP contribution < -0.4 is 10.5 Å². The van der Waals surface area contributed by atoms with Gasteiger partial charge in [-0.05, 0) is 12.0 Å². The molecule has 0 aliphatic carbocycles. The summed E-state index contributed by atoms with van der Waals surface area (Å²) in [6.45, 7) is 0. The second-order valence-electron chi connectivity index (χ2n) is 7.23. The molecule has 0 radical (unpaired) electrons. The lowest BCUT2D eigenvalue weighted by atomic mass is 10.0. The largest absolute Gasteiger partial charge is 0.480 e. The summed E-state index contributed by atoms with van der Waals surface area (Å²) in [5.74, 6) is -0.509. The number of carbonyl (C=O) groups is 1. The molecular weight excluding hydrogens is 454 g/mol. The van der Waals surface area contributed by atoms with E-state index in [1.54, 1.807) is 24.3 Å². The number of nitrogens with two attached hydrogens (primary N) is 1. The Morgan fingerprint density at radius 1 is 1.16 bits per heavy atom. The number of benzene rings is 2. The van der Waals surface area contributed by atoms with Gasteiger partial charge < -0.3 is 15.4 Å². The van der Waals surface area contributed by atoms with E-state index in [9.17, 15) is 18.3 Å². The predicted molar refractivity (Wildman–Crippen MR) is 125 cm³/mol. The molecule has 0 bridgehead atoms. The number of nitrogens with one attached hydrogen (secondary N) is 2. The van der Waals surface area contributed by atoms with Crippen LogP contribution in [-0.2, 0) is 28.3 Å². The summed E-state index contributed by atoms with van der Waals surface area (Å²) >= 11 is 0. The van der Waals surface area contributed by atoms with E-state index < -0.39 is 22.0 Å². The van der Waals surface area contributed by atoms with E-state index >= 15 is 0 Å². The third kappa shape index (κ3) is 6.16.